The number of esters is 6. The van der Waals surface area contributed by atoms with Crippen molar-refractivity contribution in [2.24, 2.45) is 5.41 Å². The third kappa shape index (κ3) is 33.7. The first kappa shape index (κ1) is 108. The maximum atomic E-state index is 14.1. The normalized spacial score (nSPS) is 12.8. The van der Waals surface area contributed by atoms with Gasteiger partial charge in [0.25, 0.3) is 0 Å². The summed E-state index contributed by atoms with van der Waals surface area (Å²) in [7, 11) is 0. The predicted molar refractivity (Wildman–Crippen MR) is 505 cm³/mol. The van der Waals surface area contributed by atoms with E-state index in [-0.39, 0.29) is 136 Å². The van der Waals surface area contributed by atoms with Crippen molar-refractivity contribution in [1.82, 2.24) is 0 Å². The topological polar surface area (TPSA) is 298 Å². The van der Waals surface area contributed by atoms with E-state index in [0.29, 0.717) is 37.6 Å². The van der Waals surface area contributed by atoms with Gasteiger partial charge in [-0.1, -0.05) is 281 Å². The monoisotopic (exact) mass is 1760 g/mol. The van der Waals surface area contributed by atoms with E-state index in [9.17, 15) is 59.4 Å². The Morgan fingerprint density at radius 1 is 0.213 bits per heavy atom. The molecule has 0 saturated carbocycles. The predicted octanol–water partition coefficient (Wildman–Crippen LogP) is 21.9. The minimum absolute atomic E-state index is 0.0629. The van der Waals surface area contributed by atoms with E-state index in [1.54, 1.807) is 0 Å². The Kier molecular flexibility index (Phi) is 37.5. The second-order valence-electron chi connectivity index (χ2n) is 45.1. The summed E-state index contributed by atoms with van der Waals surface area (Å²) in [6.45, 7) is 64.3. The van der Waals surface area contributed by atoms with Gasteiger partial charge in [0.15, 0.2) is 0 Å². The van der Waals surface area contributed by atoms with Crippen LogP contribution in [-0.4, -0.2) is 133 Å². The number of carbonyl (C=O) groups is 6. The van der Waals surface area contributed by atoms with E-state index in [4.69, 9.17) is 37.9 Å². The Hall–Kier alpha value is -9.14. The van der Waals surface area contributed by atoms with Gasteiger partial charge in [0.2, 0.25) is 0 Å². The lowest BCUT2D eigenvalue weighted by Gasteiger charge is -2.32. The second kappa shape index (κ2) is 44.0. The van der Waals surface area contributed by atoms with Crippen LogP contribution in [0.5, 0.6) is 34.5 Å². The number of ether oxygens (including phenoxy) is 8. The summed E-state index contributed by atoms with van der Waals surface area (Å²) in [5.74, 6) is -1.47. The first-order valence-corrected chi connectivity index (χ1v) is 45.3. The van der Waals surface area contributed by atoms with Gasteiger partial charge in [-0.2, -0.15) is 0 Å². The zero-order chi connectivity index (χ0) is 96.5. The zero-order valence-corrected chi connectivity index (χ0v) is 83.4. The number of benzene rings is 6. The summed E-state index contributed by atoms with van der Waals surface area (Å²) >= 11 is 0. The summed E-state index contributed by atoms with van der Waals surface area (Å²) in [6.07, 6.45) is 2.44. The largest absolute Gasteiger partial charge is 0.507 e. The van der Waals surface area contributed by atoms with Crippen LogP contribution in [0.4, 0.5) is 0 Å². The van der Waals surface area contributed by atoms with Gasteiger partial charge in [0, 0.05) is 38.5 Å². The molecule has 20 nitrogen and oxygen atoms in total. The van der Waals surface area contributed by atoms with Gasteiger partial charge in [-0.25, -0.2) is 0 Å². The molecular weight excluding hydrogens is 1610 g/mol. The van der Waals surface area contributed by atoms with Gasteiger partial charge in [-0.15, -0.1) is 0 Å². The number of phenols is 6. The van der Waals surface area contributed by atoms with Gasteiger partial charge in [0.1, 0.15) is 79.6 Å². The number of rotatable bonds is 35. The van der Waals surface area contributed by atoms with Crippen LogP contribution < -0.4 is 0 Å². The summed E-state index contributed by atoms with van der Waals surface area (Å²) in [5, 5.41) is 66.4. The molecule has 0 amide bonds. The van der Waals surface area contributed by atoms with Crippen LogP contribution in [-0.2, 0) is 159 Å². The van der Waals surface area contributed by atoms with Crippen molar-refractivity contribution in [3.8, 4) is 34.5 Å². The van der Waals surface area contributed by atoms with Crippen molar-refractivity contribution in [2.45, 2.75) is 353 Å². The fourth-order valence-corrected chi connectivity index (χ4v) is 14.9. The highest BCUT2D eigenvalue weighted by atomic mass is 16.6. The molecular formula is C107H158O20. The molecule has 0 radical (unpaired) electrons. The molecule has 0 heterocycles. The van der Waals surface area contributed by atoms with E-state index < -0.39 is 99.0 Å². The van der Waals surface area contributed by atoms with Crippen molar-refractivity contribution < 1.29 is 97.3 Å². The third-order valence-electron chi connectivity index (χ3n) is 22.7. The third-order valence-corrected chi connectivity index (χ3v) is 22.7. The molecule has 20 heteroatoms. The van der Waals surface area contributed by atoms with Crippen LogP contribution in [0.3, 0.4) is 0 Å². The molecule has 706 valence electrons. The number of hydrogen-bond acceptors (Lipinski definition) is 20. The number of carbonyl (C=O) groups excluding carboxylic acids is 6. The highest BCUT2D eigenvalue weighted by Crippen LogP contribution is 2.46. The van der Waals surface area contributed by atoms with Crippen LogP contribution in [0.25, 0.3) is 0 Å². The molecule has 0 unspecified atom stereocenters. The van der Waals surface area contributed by atoms with Crippen molar-refractivity contribution in [3.05, 3.63) is 173 Å². The fourth-order valence-electron chi connectivity index (χ4n) is 14.9. The molecule has 127 heavy (non-hydrogen) atoms. The van der Waals surface area contributed by atoms with Gasteiger partial charge in [0.05, 0.1) is 26.4 Å². The number of aromatic hydroxyl groups is 6. The molecule has 6 aromatic rings. The molecule has 0 fully saturated rings. The molecule has 6 rings (SSSR count). The zero-order valence-electron chi connectivity index (χ0n) is 83.4. The Bertz CT molecular complexity index is 4100. The van der Waals surface area contributed by atoms with Crippen molar-refractivity contribution >= 4 is 35.8 Å². The van der Waals surface area contributed by atoms with Gasteiger partial charge < -0.3 is 68.5 Å². The lowest BCUT2D eigenvalue weighted by atomic mass is 9.78. The Balaban J connectivity index is 0.000000568. The van der Waals surface area contributed by atoms with Crippen LogP contribution in [0.15, 0.2) is 72.8 Å². The summed E-state index contributed by atoms with van der Waals surface area (Å²) < 4.78 is 45.8. The first-order chi connectivity index (χ1) is 58.0. The minimum atomic E-state index is -1.58. The SMILES string of the molecule is CC(C)(C)c1cc(CCC(=O)OCC(COC(=O)CCc2cc(C(C)(C)C)c(O)c(C(C)(C)C)c2)(COC(=O)CCc2cc(C(C)(C)C)c(O)c(C(C)(C)C)c2)COC(=O)CCc2cc(C(C)(C)C)c(O)c(C(C)(C)C)c2)cc(C(C)(C)C)c1O.Cc1cc(CCC(=O)OCCOCCOCCOC(=O)CCc2cc(C)c(O)c(C(C)(C)C)c2)cc(C(C)(C)C)c1O. The number of hydrogen-bond donors (Lipinski definition) is 6. The highest BCUT2D eigenvalue weighted by Gasteiger charge is 2.40. The minimum Gasteiger partial charge on any atom is -0.507 e. The average Bonchev–Trinajstić information content (AvgIpc) is 0.768. The fraction of sp³-hybridized carbons (Fsp3) is 0.607. The molecule has 0 aromatic heterocycles. The van der Waals surface area contributed by atoms with Crippen LogP contribution in [0.1, 0.15) is 346 Å². The van der Waals surface area contributed by atoms with E-state index >= 15 is 0 Å². The molecule has 6 aromatic carbocycles. The molecule has 0 spiro atoms. The second-order valence-corrected chi connectivity index (χ2v) is 45.1. The summed E-state index contributed by atoms with van der Waals surface area (Å²) in [4.78, 5) is 80.6. The van der Waals surface area contributed by atoms with E-state index in [0.717, 1.165) is 100 Å². The van der Waals surface area contributed by atoms with Gasteiger partial charge in [-0.3, -0.25) is 28.8 Å². The molecule has 0 bridgehead atoms. The molecule has 6 N–H and O–H groups in total. The molecule has 0 aliphatic carbocycles. The lowest BCUT2D eigenvalue weighted by molar-refractivity contribution is -0.170. The quantitative estimate of drug-likeness (QED) is 0.0122. The molecule has 0 aliphatic heterocycles. The van der Waals surface area contributed by atoms with E-state index in [1.165, 1.54) is 0 Å². The smallest absolute Gasteiger partial charge is 0.306 e. The van der Waals surface area contributed by atoms with Gasteiger partial charge >= 0.3 is 35.8 Å². The molecule has 0 saturated heterocycles. The Morgan fingerprint density at radius 2 is 0.354 bits per heavy atom. The van der Waals surface area contributed by atoms with Crippen molar-refractivity contribution in [2.75, 3.05) is 66.1 Å². The van der Waals surface area contributed by atoms with Crippen LogP contribution in [0, 0.1) is 19.3 Å². The average molecular weight is 1760 g/mol. The van der Waals surface area contributed by atoms with E-state index in [1.807, 2.05) is 294 Å². The number of aryl methyl sites for hydroxylation is 8. The summed E-state index contributed by atoms with van der Waals surface area (Å²) in [6, 6.07) is 23.1. The maximum Gasteiger partial charge on any atom is 0.306 e. The lowest BCUT2D eigenvalue weighted by Crippen LogP contribution is -2.44. The van der Waals surface area contributed by atoms with Crippen LogP contribution >= 0.6 is 0 Å². The van der Waals surface area contributed by atoms with Crippen LogP contribution in [0.2, 0.25) is 0 Å². The number of phenolic OH excluding ortho intramolecular Hbond substituents is 6. The summed E-state index contributed by atoms with van der Waals surface area (Å²) in [5.41, 5.74) is 9.57. The maximum absolute atomic E-state index is 14.1. The standard InChI is InChI=1S/C73H108O12.C34H50O8/c1-65(2,3)49-33-45(34-50(61(49)78)66(4,5)6)25-29-57(74)82-41-73(42-83-58(75)30-26-46-35-51(67(7,8)9)62(79)52(36-46)68(10,11)12,43-84-59(76)31-27-47-37-53(69(13,14)15)63(80)54(38-47)70(16,17)18)44-85-60(77)32-28-48-39-55(71(19,20)21)64(81)56(40-48)72(22,23)24;1-23-19-25(21-27(31(23)37)33(3,4)5)9-11-29(35)41-17-15-39-13-14-40-16-18-42-30(36)12-10-26-20-24(2)32(38)28(22-26)34(6,7)8/h33-40,78-81H,25-32,41-44H2,1-24H3;19-22,37-38H,9-18H2,1-8H3. The molecule has 0 aliphatic rings. The Morgan fingerprint density at radius 3 is 0.520 bits per heavy atom. The van der Waals surface area contributed by atoms with Crippen molar-refractivity contribution in [1.29, 1.82) is 0 Å². The molecule has 0 atom stereocenters. The highest BCUT2D eigenvalue weighted by molar-refractivity contribution is 5.73. The Labute approximate surface area is 760 Å². The van der Waals surface area contributed by atoms with E-state index in [2.05, 4.69) is 0 Å². The van der Waals surface area contributed by atoms with Crippen molar-refractivity contribution in [3.63, 3.8) is 0 Å². The van der Waals surface area contributed by atoms with Gasteiger partial charge in [-0.05, 0) is 207 Å². The first-order valence-electron chi connectivity index (χ1n) is 45.3.